The first-order valence-corrected chi connectivity index (χ1v) is 7.95. The van der Waals surface area contributed by atoms with E-state index >= 15 is 0 Å². The van der Waals surface area contributed by atoms with Gasteiger partial charge in [-0.15, -0.1) is 0 Å². The Bertz CT molecular complexity index is 644. The molecule has 1 N–H and O–H groups in total. The summed E-state index contributed by atoms with van der Waals surface area (Å²) in [6.07, 6.45) is 0. The number of sulfonamides is 1. The van der Waals surface area contributed by atoms with Gasteiger partial charge in [-0.05, 0) is 31.5 Å². The maximum atomic E-state index is 12.6. The maximum absolute atomic E-state index is 12.6. The summed E-state index contributed by atoms with van der Waals surface area (Å²) in [7, 11) is -0.971. The Morgan fingerprint density at radius 3 is 2.52 bits per heavy atom. The summed E-state index contributed by atoms with van der Waals surface area (Å²) in [4.78, 5) is 11.1. The summed E-state index contributed by atoms with van der Waals surface area (Å²) in [5.41, 5.74) is 0.0252. The molecule has 0 aliphatic heterocycles. The minimum absolute atomic E-state index is 0.0596. The monoisotopic (exact) mass is 335 g/mol. The van der Waals surface area contributed by atoms with Gasteiger partial charge in [-0.2, -0.15) is 4.31 Å². The number of hydrogen-bond acceptors (Lipinski definition) is 4. The molecule has 1 unspecified atom stereocenters. The van der Waals surface area contributed by atoms with E-state index in [-0.39, 0.29) is 27.7 Å². The second-order valence-electron chi connectivity index (χ2n) is 4.71. The predicted octanol–water partition coefficient (Wildman–Crippen LogP) is 2.00. The van der Waals surface area contributed by atoms with E-state index in [1.807, 2.05) is 0 Å². The van der Waals surface area contributed by atoms with E-state index in [1.54, 1.807) is 6.92 Å². The van der Waals surface area contributed by atoms with Crippen molar-refractivity contribution >= 4 is 27.6 Å². The first-order chi connectivity index (χ1) is 9.62. The molecule has 0 heterocycles. The maximum Gasteiger partial charge on any atom is 0.336 e. The van der Waals surface area contributed by atoms with E-state index < -0.39 is 22.0 Å². The quantitative estimate of drug-likeness (QED) is 0.859. The zero-order valence-electron chi connectivity index (χ0n) is 12.3. The number of aromatic carboxylic acids is 1. The Labute approximate surface area is 129 Å². The van der Waals surface area contributed by atoms with Gasteiger partial charge >= 0.3 is 5.97 Å². The molecule has 0 aliphatic rings. The van der Waals surface area contributed by atoms with Crippen LogP contribution in [0.15, 0.2) is 17.0 Å². The Hall–Kier alpha value is -1.15. The fourth-order valence-corrected chi connectivity index (χ4v) is 3.78. The lowest BCUT2D eigenvalue weighted by Gasteiger charge is -2.25. The number of benzene rings is 1. The van der Waals surface area contributed by atoms with Crippen LogP contribution in [-0.4, -0.2) is 50.6 Å². The van der Waals surface area contributed by atoms with E-state index in [1.165, 1.54) is 33.2 Å². The first-order valence-electron chi connectivity index (χ1n) is 6.13. The zero-order chi connectivity index (χ0) is 16.4. The molecule has 1 aromatic rings. The van der Waals surface area contributed by atoms with E-state index in [0.717, 1.165) is 4.31 Å². The standard InChI is InChI=1S/C13H18ClNO5S/c1-8(7-20-4)15(3)21(18,19)12-6-10(14)5-11(9(12)2)13(16)17/h5-6,8H,7H2,1-4H3,(H,16,17). The molecule has 1 aromatic carbocycles. The van der Waals surface area contributed by atoms with Crippen molar-refractivity contribution in [2.24, 2.45) is 0 Å². The summed E-state index contributed by atoms with van der Waals surface area (Å²) in [6, 6.07) is 2.09. The van der Waals surface area contributed by atoms with Gasteiger partial charge in [0.2, 0.25) is 10.0 Å². The van der Waals surface area contributed by atoms with Gasteiger partial charge < -0.3 is 9.84 Å². The number of likely N-dealkylation sites (N-methyl/N-ethyl adjacent to an activating group) is 1. The van der Waals surface area contributed by atoms with Crippen molar-refractivity contribution in [1.82, 2.24) is 4.31 Å². The average molecular weight is 336 g/mol. The van der Waals surface area contributed by atoms with Gasteiger partial charge in [-0.1, -0.05) is 11.6 Å². The third-order valence-corrected chi connectivity index (χ3v) is 5.56. The van der Waals surface area contributed by atoms with Crippen LogP contribution < -0.4 is 0 Å². The lowest BCUT2D eigenvalue weighted by Crippen LogP contribution is -2.38. The van der Waals surface area contributed by atoms with Crippen LogP contribution in [0.5, 0.6) is 0 Å². The molecule has 0 spiro atoms. The highest BCUT2D eigenvalue weighted by Gasteiger charge is 2.29. The van der Waals surface area contributed by atoms with E-state index in [9.17, 15) is 13.2 Å². The zero-order valence-corrected chi connectivity index (χ0v) is 13.8. The number of methoxy groups -OCH3 is 1. The lowest BCUT2D eigenvalue weighted by atomic mass is 10.1. The predicted molar refractivity (Wildman–Crippen MR) is 79.4 cm³/mol. The van der Waals surface area contributed by atoms with Crippen molar-refractivity contribution in [2.45, 2.75) is 24.8 Å². The third kappa shape index (κ3) is 3.74. The van der Waals surface area contributed by atoms with Crippen molar-refractivity contribution in [1.29, 1.82) is 0 Å². The molecule has 1 rings (SSSR count). The topological polar surface area (TPSA) is 83.9 Å². The molecular formula is C13H18ClNO5S. The van der Waals surface area contributed by atoms with Crippen LogP contribution in [0.2, 0.25) is 5.02 Å². The van der Waals surface area contributed by atoms with Crippen molar-refractivity contribution in [2.75, 3.05) is 20.8 Å². The van der Waals surface area contributed by atoms with E-state index in [0.29, 0.717) is 0 Å². The molecule has 0 aromatic heterocycles. The van der Waals surface area contributed by atoms with Crippen LogP contribution in [0.4, 0.5) is 0 Å². The Morgan fingerprint density at radius 1 is 1.48 bits per heavy atom. The van der Waals surface area contributed by atoms with Gasteiger partial charge in [0.1, 0.15) is 0 Å². The molecule has 0 saturated heterocycles. The molecule has 0 aliphatic carbocycles. The Balaban J connectivity index is 3.42. The summed E-state index contributed by atoms with van der Waals surface area (Å²) in [5.74, 6) is -1.22. The van der Waals surface area contributed by atoms with Gasteiger partial charge in [0, 0.05) is 25.2 Å². The number of ether oxygens (including phenoxy) is 1. The highest BCUT2D eigenvalue weighted by atomic mass is 35.5. The number of carboxylic acid groups (broad SMARTS) is 1. The Morgan fingerprint density at radius 2 is 2.05 bits per heavy atom. The molecule has 0 radical (unpaired) electrons. The van der Waals surface area contributed by atoms with Crippen molar-refractivity contribution < 1.29 is 23.1 Å². The molecule has 118 valence electrons. The fourth-order valence-electron chi connectivity index (χ4n) is 1.88. The lowest BCUT2D eigenvalue weighted by molar-refractivity contribution is 0.0695. The number of carboxylic acids is 1. The number of hydrogen-bond donors (Lipinski definition) is 1. The second kappa shape index (κ2) is 6.74. The minimum atomic E-state index is -3.86. The third-order valence-electron chi connectivity index (χ3n) is 3.24. The van der Waals surface area contributed by atoms with E-state index in [4.69, 9.17) is 21.4 Å². The first kappa shape index (κ1) is 17.9. The van der Waals surface area contributed by atoms with Crippen LogP contribution >= 0.6 is 11.6 Å². The van der Waals surface area contributed by atoms with Crippen LogP contribution in [0.25, 0.3) is 0 Å². The normalized spacial score (nSPS) is 13.4. The minimum Gasteiger partial charge on any atom is -0.478 e. The van der Waals surface area contributed by atoms with Gasteiger partial charge in [0.25, 0.3) is 0 Å². The highest BCUT2D eigenvalue weighted by Crippen LogP contribution is 2.27. The van der Waals surface area contributed by atoms with Crippen LogP contribution in [0, 0.1) is 6.92 Å². The van der Waals surface area contributed by atoms with Crippen LogP contribution in [0.3, 0.4) is 0 Å². The fraction of sp³-hybridized carbons (Fsp3) is 0.462. The molecule has 21 heavy (non-hydrogen) atoms. The van der Waals surface area contributed by atoms with Gasteiger partial charge in [-0.25, -0.2) is 13.2 Å². The molecular weight excluding hydrogens is 318 g/mol. The second-order valence-corrected chi connectivity index (χ2v) is 7.11. The number of carbonyl (C=O) groups is 1. The van der Waals surface area contributed by atoms with Crippen molar-refractivity contribution in [3.05, 3.63) is 28.3 Å². The molecule has 8 heteroatoms. The molecule has 0 saturated carbocycles. The van der Waals surface area contributed by atoms with E-state index in [2.05, 4.69) is 0 Å². The largest absolute Gasteiger partial charge is 0.478 e. The molecule has 1 atom stereocenters. The number of rotatable bonds is 6. The molecule has 6 nitrogen and oxygen atoms in total. The summed E-state index contributed by atoms with van der Waals surface area (Å²) in [5, 5.41) is 9.18. The summed E-state index contributed by atoms with van der Waals surface area (Å²) >= 11 is 5.85. The smallest absolute Gasteiger partial charge is 0.336 e. The van der Waals surface area contributed by atoms with Gasteiger partial charge in [0.15, 0.2) is 0 Å². The number of nitrogens with zero attached hydrogens (tertiary/aromatic N) is 1. The number of halogens is 1. The SMILES string of the molecule is COCC(C)N(C)S(=O)(=O)c1cc(Cl)cc(C(=O)O)c1C. The van der Waals surface area contributed by atoms with Crippen LogP contribution in [-0.2, 0) is 14.8 Å². The molecule has 0 fully saturated rings. The van der Waals surface area contributed by atoms with Crippen molar-refractivity contribution in [3.63, 3.8) is 0 Å². The van der Waals surface area contributed by atoms with Crippen LogP contribution in [0.1, 0.15) is 22.8 Å². The Kier molecular flexibility index (Phi) is 5.75. The van der Waals surface area contributed by atoms with Gasteiger partial charge in [-0.3, -0.25) is 0 Å². The summed E-state index contributed by atoms with van der Waals surface area (Å²) in [6.45, 7) is 3.36. The highest BCUT2D eigenvalue weighted by molar-refractivity contribution is 7.89. The molecule has 0 bridgehead atoms. The summed E-state index contributed by atoms with van der Waals surface area (Å²) < 4.78 is 31.3. The van der Waals surface area contributed by atoms with Gasteiger partial charge in [0.05, 0.1) is 17.1 Å². The average Bonchev–Trinajstić information content (AvgIpc) is 2.39. The van der Waals surface area contributed by atoms with Crippen molar-refractivity contribution in [3.8, 4) is 0 Å². The molecule has 0 amide bonds.